The fourth-order valence-corrected chi connectivity index (χ4v) is 4.29. The molecule has 0 bridgehead atoms. The number of piperidine rings is 1. The summed E-state index contributed by atoms with van der Waals surface area (Å²) in [5, 5.41) is 3.90. The lowest BCUT2D eigenvalue weighted by atomic mass is 9.88. The number of benzene rings is 1. The van der Waals surface area contributed by atoms with Crippen LogP contribution in [0.5, 0.6) is 0 Å². The molecule has 2 aliphatic rings. The van der Waals surface area contributed by atoms with Crippen LogP contribution >= 0.6 is 0 Å². The van der Waals surface area contributed by atoms with E-state index in [0.29, 0.717) is 31.5 Å². The normalized spacial score (nSPS) is 18.9. The van der Waals surface area contributed by atoms with Crippen molar-refractivity contribution < 1.29 is 14.0 Å². The van der Waals surface area contributed by atoms with Crippen molar-refractivity contribution in [2.24, 2.45) is 5.92 Å². The maximum Gasteiger partial charge on any atom is 0.349 e. The molecule has 0 atom stereocenters. The van der Waals surface area contributed by atoms with Gasteiger partial charge in [0, 0.05) is 30.4 Å². The molecule has 2 heterocycles. The van der Waals surface area contributed by atoms with E-state index in [1.165, 1.54) is 6.42 Å². The molecule has 2 fully saturated rings. The van der Waals surface area contributed by atoms with E-state index < -0.39 is 5.63 Å². The number of amides is 2. The number of hydrogen-bond acceptors (Lipinski definition) is 4. The van der Waals surface area contributed by atoms with Crippen molar-refractivity contribution >= 4 is 22.8 Å². The number of rotatable bonds is 3. The largest absolute Gasteiger partial charge is 0.422 e. The molecule has 0 unspecified atom stereocenters. The maximum absolute atomic E-state index is 12.8. The van der Waals surface area contributed by atoms with Gasteiger partial charge in [0.1, 0.15) is 11.1 Å². The molecule has 2 aromatic rings. The van der Waals surface area contributed by atoms with Crippen LogP contribution in [-0.4, -0.2) is 35.8 Å². The average molecular weight is 382 g/mol. The highest BCUT2D eigenvalue weighted by Crippen LogP contribution is 2.24. The van der Waals surface area contributed by atoms with Crippen LogP contribution in [0.2, 0.25) is 0 Å². The van der Waals surface area contributed by atoms with E-state index in [1.807, 2.05) is 12.1 Å². The fourth-order valence-electron chi connectivity index (χ4n) is 4.29. The molecule has 1 aromatic carbocycles. The monoisotopic (exact) mass is 382 g/mol. The highest BCUT2D eigenvalue weighted by Gasteiger charge is 2.28. The standard InChI is InChI=1S/C22H26N2O4/c25-20(15-6-2-1-3-7-15)23-17-10-12-24(13-11-17)21(26)18-14-16-8-4-5-9-19(16)28-22(18)27/h4-5,8-9,14-15,17H,1-3,6-7,10-13H2,(H,23,25). The first-order valence-electron chi connectivity index (χ1n) is 10.2. The van der Waals surface area contributed by atoms with Gasteiger partial charge >= 0.3 is 5.63 Å². The Balaban J connectivity index is 1.37. The van der Waals surface area contributed by atoms with Crippen molar-refractivity contribution in [3.63, 3.8) is 0 Å². The van der Waals surface area contributed by atoms with Crippen LogP contribution in [0.4, 0.5) is 0 Å². The van der Waals surface area contributed by atoms with Gasteiger partial charge in [-0.2, -0.15) is 0 Å². The van der Waals surface area contributed by atoms with Gasteiger partial charge in [-0.05, 0) is 37.8 Å². The topological polar surface area (TPSA) is 79.6 Å². The predicted molar refractivity (Wildman–Crippen MR) is 106 cm³/mol. The Morgan fingerprint density at radius 2 is 1.71 bits per heavy atom. The number of fused-ring (bicyclic) bond motifs is 1. The number of hydrogen-bond donors (Lipinski definition) is 1. The van der Waals surface area contributed by atoms with Gasteiger partial charge in [0.05, 0.1) is 0 Å². The van der Waals surface area contributed by atoms with E-state index in [9.17, 15) is 14.4 Å². The molecule has 1 saturated heterocycles. The van der Waals surface area contributed by atoms with Gasteiger partial charge in [0.15, 0.2) is 0 Å². The Bertz CT molecular complexity index is 922. The Hall–Kier alpha value is -2.63. The summed E-state index contributed by atoms with van der Waals surface area (Å²) in [6.45, 7) is 1.06. The molecule has 1 aliphatic heterocycles. The first-order valence-corrected chi connectivity index (χ1v) is 10.2. The molecule has 6 heteroatoms. The summed E-state index contributed by atoms with van der Waals surface area (Å²) < 4.78 is 5.29. The SMILES string of the molecule is O=C(NC1CCN(C(=O)c2cc3ccccc3oc2=O)CC1)C1CCCCC1. The zero-order valence-electron chi connectivity index (χ0n) is 16.0. The first kappa shape index (κ1) is 18.7. The van der Waals surface area contributed by atoms with Gasteiger partial charge in [-0.1, -0.05) is 37.5 Å². The molecule has 6 nitrogen and oxygen atoms in total. The number of likely N-dealkylation sites (tertiary alicyclic amines) is 1. The van der Waals surface area contributed by atoms with E-state index in [-0.39, 0.29) is 29.3 Å². The minimum absolute atomic E-state index is 0.0726. The molecule has 148 valence electrons. The number of nitrogens with one attached hydrogen (secondary N) is 1. The van der Waals surface area contributed by atoms with Gasteiger partial charge in [-0.15, -0.1) is 0 Å². The van der Waals surface area contributed by atoms with Crippen molar-refractivity contribution in [2.45, 2.75) is 51.0 Å². The van der Waals surface area contributed by atoms with Gasteiger partial charge in [-0.25, -0.2) is 4.79 Å². The lowest BCUT2D eigenvalue weighted by Crippen LogP contribution is -2.48. The minimum atomic E-state index is -0.601. The van der Waals surface area contributed by atoms with Crippen LogP contribution in [0.1, 0.15) is 55.3 Å². The van der Waals surface area contributed by atoms with Gasteiger partial charge in [0.2, 0.25) is 5.91 Å². The van der Waals surface area contributed by atoms with Crippen LogP contribution in [0, 0.1) is 5.92 Å². The molecular formula is C22H26N2O4. The number of para-hydroxylation sites is 1. The Kier molecular flexibility index (Phi) is 5.46. The first-order chi connectivity index (χ1) is 13.6. The highest BCUT2D eigenvalue weighted by molar-refractivity contribution is 5.96. The zero-order valence-corrected chi connectivity index (χ0v) is 16.0. The summed E-state index contributed by atoms with van der Waals surface area (Å²) in [4.78, 5) is 39.2. The van der Waals surface area contributed by atoms with Crippen molar-refractivity contribution in [2.75, 3.05) is 13.1 Å². The average Bonchev–Trinajstić information content (AvgIpc) is 2.74. The third-order valence-corrected chi connectivity index (χ3v) is 5.98. The van der Waals surface area contributed by atoms with Crippen LogP contribution < -0.4 is 10.9 Å². The number of nitrogens with zero attached hydrogens (tertiary/aromatic N) is 1. The highest BCUT2D eigenvalue weighted by atomic mass is 16.4. The molecule has 0 radical (unpaired) electrons. The van der Waals surface area contributed by atoms with Crippen molar-refractivity contribution in [3.8, 4) is 0 Å². The third-order valence-electron chi connectivity index (χ3n) is 5.98. The predicted octanol–water partition coefficient (Wildman–Crippen LogP) is 3.09. The minimum Gasteiger partial charge on any atom is -0.422 e. The van der Waals surface area contributed by atoms with Crippen LogP contribution in [0.15, 0.2) is 39.5 Å². The molecule has 0 spiro atoms. The Morgan fingerprint density at radius 1 is 1.00 bits per heavy atom. The van der Waals surface area contributed by atoms with E-state index in [4.69, 9.17) is 4.42 Å². The molecule has 1 aromatic heterocycles. The number of carbonyl (C=O) groups excluding carboxylic acids is 2. The fraction of sp³-hybridized carbons (Fsp3) is 0.500. The van der Waals surface area contributed by atoms with Crippen LogP contribution in [-0.2, 0) is 4.79 Å². The van der Waals surface area contributed by atoms with Gasteiger partial charge in [0.25, 0.3) is 5.91 Å². The van der Waals surface area contributed by atoms with Gasteiger partial charge < -0.3 is 14.6 Å². The summed E-state index contributed by atoms with van der Waals surface area (Å²) in [6.07, 6.45) is 6.90. The summed E-state index contributed by atoms with van der Waals surface area (Å²) in [5.41, 5.74) is -0.0481. The van der Waals surface area contributed by atoms with E-state index in [1.54, 1.807) is 23.1 Å². The summed E-state index contributed by atoms with van der Waals surface area (Å²) in [6, 6.07) is 8.89. The van der Waals surface area contributed by atoms with E-state index in [0.717, 1.165) is 31.1 Å². The van der Waals surface area contributed by atoms with Crippen LogP contribution in [0.3, 0.4) is 0 Å². The molecule has 28 heavy (non-hydrogen) atoms. The quantitative estimate of drug-likeness (QED) is 0.828. The van der Waals surface area contributed by atoms with Crippen LogP contribution in [0.25, 0.3) is 11.0 Å². The Labute approximate surface area is 163 Å². The molecule has 1 N–H and O–H groups in total. The molecule has 1 aliphatic carbocycles. The summed E-state index contributed by atoms with van der Waals surface area (Å²) in [5.74, 6) is 0.0202. The van der Waals surface area contributed by atoms with E-state index >= 15 is 0 Å². The Morgan fingerprint density at radius 3 is 2.46 bits per heavy atom. The molecule has 1 saturated carbocycles. The summed E-state index contributed by atoms with van der Waals surface area (Å²) >= 11 is 0. The molecule has 4 rings (SSSR count). The smallest absolute Gasteiger partial charge is 0.349 e. The molecular weight excluding hydrogens is 356 g/mol. The van der Waals surface area contributed by atoms with Gasteiger partial charge in [-0.3, -0.25) is 9.59 Å². The van der Waals surface area contributed by atoms with Crippen molar-refractivity contribution in [1.29, 1.82) is 0 Å². The van der Waals surface area contributed by atoms with E-state index in [2.05, 4.69) is 5.32 Å². The number of carbonyl (C=O) groups is 2. The second-order valence-electron chi connectivity index (χ2n) is 7.90. The lowest BCUT2D eigenvalue weighted by Gasteiger charge is -2.33. The maximum atomic E-state index is 12.8. The second-order valence-corrected chi connectivity index (χ2v) is 7.90. The molecule has 2 amide bonds. The summed E-state index contributed by atoms with van der Waals surface area (Å²) in [7, 11) is 0. The van der Waals surface area contributed by atoms with Crippen molar-refractivity contribution in [1.82, 2.24) is 10.2 Å². The lowest BCUT2D eigenvalue weighted by molar-refractivity contribution is -0.126. The van der Waals surface area contributed by atoms with Crippen molar-refractivity contribution in [3.05, 3.63) is 46.3 Å². The third kappa shape index (κ3) is 3.96. The second kappa shape index (κ2) is 8.17. The zero-order chi connectivity index (χ0) is 19.5.